The second-order valence-corrected chi connectivity index (χ2v) is 6.65. The predicted octanol–water partition coefficient (Wildman–Crippen LogP) is 3.40. The Labute approximate surface area is 145 Å². The zero-order valence-corrected chi connectivity index (χ0v) is 14.5. The van der Waals surface area contributed by atoms with E-state index in [1.54, 1.807) is 0 Å². The van der Waals surface area contributed by atoms with Crippen molar-refractivity contribution in [2.45, 2.75) is 57.1 Å². The summed E-state index contributed by atoms with van der Waals surface area (Å²) in [6, 6.07) is 8.59. The van der Waals surface area contributed by atoms with E-state index < -0.39 is 0 Å². The van der Waals surface area contributed by atoms with Gasteiger partial charge in [0.25, 0.3) is 0 Å². The molecule has 1 aromatic rings. The third kappa shape index (κ3) is 3.67. The average Bonchev–Trinajstić information content (AvgIpc) is 3.02. The Bertz CT molecular complexity index is 626. The number of aliphatic imine (C=N–C) groups is 1. The van der Waals surface area contributed by atoms with Crippen LogP contribution < -0.4 is 15.4 Å². The van der Waals surface area contributed by atoms with Crippen LogP contribution in [-0.4, -0.2) is 24.7 Å². The van der Waals surface area contributed by atoms with Gasteiger partial charge < -0.3 is 15.4 Å². The molecule has 4 heteroatoms. The van der Waals surface area contributed by atoms with Crippen molar-refractivity contribution in [1.82, 2.24) is 10.6 Å². The molecule has 0 aromatic heterocycles. The van der Waals surface area contributed by atoms with E-state index in [2.05, 4.69) is 52.7 Å². The molecule has 0 bridgehead atoms. The molecule has 1 spiro atoms. The molecule has 1 aliphatic heterocycles. The minimum absolute atomic E-state index is 0.0117. The van der Waals surface area contributed by atoms with E-state index in [9.17, 15) is 0 Å². The van der Waals surface area contributed by atoms with Crippen LogP contribution in [0.2, 0.25) is 0 Å². The van der Waals surface area contributed by atoms with E-state index in [1.807, 2.05) is 0 Å². The molecule has 128 valence electrons. The summed E-state index contributed by atoms with van der Waals surface area (Å²) >= 11 is 0. The fraction of sp³-hybridized carbons (Fsp3) is 0.550. The number of fused-ring (bicyclic) bond motifs is 1. The zero-order chi connectivity index (χ0) is 16.8. The van der Waals surface area contributed by atoms with Gasteiger partial charge in [-0.25, -0.2) is 0 Å². The van der Waals surface area contributed by atoms with Gasteiger partial charge in [-0.1, -0.05) is 18.2 Å². The summed E-state index contributed by atoms with van der Waals surface area (Å²) in [5.41, 5.74) is 1.21. The van der Waals surface area contributed by atoms with Gasteiger partial charge in [0.05, 0.1) is 12.6 Å². The van der Waals surface area contributed by atoms with Crippen molar-refractivity contribution in [2.24, 2.45) is 4.99 Å². The Morgan fingerprint density at radius 3 is 2.92 bits per heavy atom. The highest BCUT2D eigenvalue weighted by Gasteiger charge is 2.43. The minimum Gasteiger partial charge on any atom is -0.487 e. The summed E-state index contributed by atoms with van der Waals surface area (Å²) in [5, 5.41) is 6.94. The van der Waals surface area contributed by atoms with E-state index in [4.69, 9.17) is 11.2 Å². The van der Waals surface area contributed by atoms with Crippen LogP contribution >= 0.6 is 0 Å². The molecule has 24 heavy (non-hydrogen) atoms. The standard InChI is InChI=1S/C20H27N3O/c1-3-5-14-22-19(21-4-2)23-17-15-20(12-8-9-13-20)24-18-11-7-6-10-16(17)18/h1,6-7,10-11,17H,4-5,8-9,12-15H2,2H3,(H2,21,22,23). The lowest BCUT2D eigenvalue weighted by molar-refractivity contribution is 0.0396. The number of nitrogens with zero attached hydrogens (tertiary/aromatic N) is 1. The van der Waals surface area contributed by atoms with Crippen molar-refractivity contribution in [3.63, 3.8) is 0 Å². The lowest BCUT2D eigenvalue weighted by Gasteiger charge is -2.40. The van der Waals surface area contributed by atoms with Crippen molar-refractivity contribution < 1.29 is 4.74 Å². The summed E-state index contributed by atoms with van der Waals surface area (Å²) in [5.74, 6) is 4.49. The van der Waals surface area contributed by atoms with Crippen LogP contribution in [0.1, 0.15) is 57.1 Å². The van der Waals surface area contributed by atoms with E-state index in [1.165, 1.54) is 18.4 Å². The molecule has 3 rings (SSSR count). The Hall–Kier alpha value is -2.15. The van der Waals surface area contributed by atoms with E-state index >= 15 is 0 Å². The second-order valence-electron chi connectivity index (χ2n) is 6.65. The predicted molar refractivity (Wildman–Crippen MR) is 98.2 cm³/mol. The second kappa shape index (κ2) is 7.61. The van der Waals surface area contributed by atoms with Gasteiger partial charge in [0.15, 0.2) is 5.96 Å². The van der Waals surface area contributed by atoms with Crippen molar-refractivity contribution >= 4 is 5.96 Å². The van der Waals surface area contributed by atoms with Crippen molar-refractivity contribution in [1.29, 1.82) is 0 Å². The van der Waals surface area contributed by atoms with Crippen LogP contribution in [0.15, 0.2) is 29.3 Å². The van der Waals surface area contributed by atoms with Crippen LogP contribution in [0.3, 0.4) is 0 Å². The summed E-state index contributed by atoms with van der Waals surface area (Å²) in [6.45, 7) is 3.55. The first-order valence-corrected chi connectivity index (χ1v) is 9.02. The molecule has 1 fully saturated rings. The Balaban J connectivity index is 1.82. The van der Waals surface area contributed by atoms with Crippen LogP contribution in [0.5, 0.6) is 5.75 Å². The molecule has 1 aliphatic carbocycles. The van der Waals surface area contributed by atoms with Crippen molar-refractivity contribution in [2.75, 3.05) is 13.1 Å². The van der Waals surface area contributed by atoms with Crippen LogP contribution in [0, 0.1) is 12.3 Å². The SMILES string of the molecule is C#CCCN=C(NCC)NC1CC2(CCCC2)Oc2ccccc21. The first-order valence-electron chi connectivity index (χ1n) is 9.02. The average molecular weight is 325 g/mol. The smallest absolute Gasteiger partial charge is 0.191 e. The highest BCUT2D eigenvalue weighted by molar-refractivity contribution is 5.80. The van der Waals surface area contributed by atoms with Gasteiger partial charge >= 0.3 is 0 Å². The summed E-state index contributed by atoms with van der Waals surface area (Å²) < 4.78 is 6.42. The van der Waals surface area contributed by atoms with Gasteiger partial charge in [0, 0.05) is 24.9 Å². The summed E-state index contributed by atoms with van der Waals surface area (Å²) in [7, 11) is 0. The van der Waals surface area contributed by atoms with E-state index in [0.717, 1.165) is 37.5 Å². The van der Waals surface area contributed by atoms with E-state index in [-0.39, 0.29) is 11.6 Å². The number of nitrogens with one attached hydrogen (secondary N) is 2. The van der Waals surface area contributed by atoms with Gasteiger partial charge in [-0.3, -0.25) is 4.99 Å². The third-order valence-electron chi connectivity index (χ3n) is 4.89. The lowest BCUT2D eigenvalue weighted by Crippen LogP contribution is -2.46. The molecule has 1 aromatic carbocycles. The molecular weight excluding hydrogens is 298 g/mol. The maximum Gasteiger partial charge on any atom is 0.191 e. The molecule has 0 radical (unpaired) electrons. The third-order valence-corrected chi connectivity index (χ3v) is 4.89. The highest BCUT2D eigenvalue weighted by Crippen LogP contribution is 2.46. The Morgan fingerprint density at radius 2 is 2.17 bits per heavy atom. The summed E-state index contributed by atoms with van der Waals surface area (Å²) in [4.78, 5) is 4.60. The molecule has 1 atom stereocenters. The first kappa shape index (κ1) is 16.7. The molecular formula is C20H27N3O. The number of guanidine groups is 1. The largest absolute Gasteiger partial charge is 0.487 e. The quantitative estimate of drug-likeness (QED) is 0.386. The van der Waals surface area contributed by atoms with Gasteiger partial charge in [-0.2, -0.15) is 0 Å². The number of hydrogen-bond acceptors (Lipinski definition) is 2. The number of terminal acetylenes is 1. The summed E-state index contributed by atoms with van der Waals surface area (Å²) in [6.07, 6.45) is 11.8. The first-order chi connectivity index (χ1) is 11.8. The normalized spacial score (nSPS) is 21.7. The van der Waals surface area contributed by atoms with E-state index in [0.29, 0.717) is 13.0 Å². The molecule has 2 aliphatic rings. The number of rotatable bonds is 4. The van der Waals surface area contributed by atoms with Crippen LogP contribution in [-0.2, 0) is 0 Å². The van der Waals surface area contributed by atoms with Gasteiger partial charge in [-0.05, 0) is 38.7 Å². The number of ether oxygens (including phenoxy) is 1. The zero-order valence-electron chi connectivity index (χ0n) is 14.5. The van der Waals surface area contributed by atoms with Crippen LogP contribution in [0.25, 0.3) is 0 Å². The Kier molecular flexibility index (Phi) is 5.30. The molecule has 1 heterocycles. The number of benzene rings is 1. The molecule has 4 nitrogen and oxygen atoms in total. The lowest BCUT2D eigenvalue weighted by atomic mass is 9.86. The number of hydrogen-bond donors (Lipinski definition) is 2. The van der Waals surface area contributed by atoms with Gasteiger partial charge in [0.2, 0.25) is 0 Å². The number of para-hydroxylation sites is 1. The fourth-order valence-corrected chi connectivity index (χ4v) is 3.79. The van der Waals surface area contributed by atoms with Crippen LogP contribution in [0.4, 0.5) is 0 Å². The molecule has 1 unspecified atom stereocenters. The molecule has 2 N–H and O–H groups in total. The maximum atomic E-state index is 6.42. The highest BCUT2D eigenvalue weighted by atomic mass is 16.5. The minimum atomic E-state index is -0.0117. The van der Waals surface area contributed by atoms with Crippen molar-refractivity contribution in [3.05, 3.63) is 29.8 Å². The maximum absolute atomic E-state index is 6.42. The molecule has 1 saturated carbocycles. The monoisotopic (exact) mass is 325 g/mol. The van der Waals surface area contributed by atoms with Crippen molar-refractivity contribution in [3.8, 4) is 18.1 Å². The van der Waals surface area contributed by atoms with Gasteiger partial charge in [0.1, 0.15) is 11.4 Å². The molecule has 0 saturated heterocycles. The molecule has 0 amide bonds. The fourth-order valence-electron chi connectivity index (χ4n) is 3.79. The Morgan fingerprint density at radius 1 is 1.38 bits per heavy atom. The van der Waals surface area contributed by atoms with Gasteiger partial charge in [-0.15, -0.1) is 12.3 Å². The topological polar surface area (TPSA) is 45.7 Å².